The van der Waals surface area contributed by atoms with Crippen LogP contribution in [-0.2, 0) is 10.0 Å². The number of aromatic amines is 1. The Bertz CT molecular complexity index is 389. The van der Waals surface area contributed by atoms with Gasteiger partial charge < -0.3 is 4.98 Å². The second-order valence-electron chi connectivity index (χ2n) is 4.67. The molecule has 1 aromatic rings. The van der Waals surface area contributed by atoms with E-state index in [1.54, 1.807) is 6.20 Å². The summed E-state index contributed by atoms with van der Waals surface area (Å²) in [5, 5.41) is 0. The molecule has 0 atom stereocenters. The van der Waals surface area contributed by atoms with E-state index < -0.39 is 10.0 Å². The van der Waals surface area contributed by atoms with Crippen molar-refractivity contribution in [2.24, 2.45) is 5.41 Å². The van der Waals surface area contributed by atoms with Gasteiger partial charge in [0.05, 0.1) is 5.75 Å². The van der Waals surface area contributed by atoms with E-state index in [1.807, 2.05) is 20.8 Å². The Morgan fingerprint density at radius 2 is 2.13 bits per heavy atom. The smallest absolute Gasteiger partial charge is 0.235 e. The van der Waals surface area contributed by atoms with E-state index in [1.165, 1.54) is 6.20 Å². The second kappa shape index (κ2) is 4.22. The number of imidazole rings is 1. The minimum absolute atomic E-state index is 0.0118. The predicted molar refractivity (Wildman–Crippen MR) is 60.1 cm³/mol. The molecule has 5 nitrogen and oxygen atoms in total. The van der Waals surface area contributed by atoms with Gasteiger partial charge in [0.2, 0.25) is 16.0 Å². The van der Waals surface area contributed by atoms with Gasteiger partial charge in [-0.05, 0) is 11.8 Å². The molecule has 1 rings (SSSR count). The van der Waals surface area contributed by atoms with Crippen LogP contribution < -0.4 is 4.72 Å². The zero-order valence-corrected chi connectivity index (χ0v) is 10.1. The van der Waals surface area contributed by atoms with Gasteiger partial charge in [-0.1, -0.05) is 20.8 Å². The molecule has 0 saturated carbocycles. The van der Waals surface area contributed by atoms with Crippen LogP contribution >= 0.6 is 0 Å². The zero-order valence-electron chi connectivity index (χ0n) is 9.24. The van der Waals surface area contributed by atoms with Crippen LogP contribution in [0.25, 0.3) is 0 Å². The van der Waals surface area contributed by atoms with Gasteiger partial charge in [-0.3, -0.25) is 4.72 Å². The Kier molecular flexibility index (Phi) is 3.38. The quantitative estimate of drug-likeness (QED) is 0.826. The Balaban J connectivity index is 2.54. The molecule has 0 bridgehead atoms. The maximum Gasteiger partial charge on any atom is 0.235 e. The summed E-state index contributed by atoms with van der Waals surface area (Å²) >= 11 is 0. The number of aromatic nitrogens is 2. The number of nitrogens with zero attached hydrogens (tertiary/aromatic N) is 1. The molecular formula is C9H17N3O2S. The van der Waals surface area contributed by atoms with Gasteiger partial charge in [0.15, 0.2) is 0 Å². The monoisotopic (exact) mass is 231 g/mol. The van der Waals surface area contributed by atoms with E-state index in [2.05, 4.69) is 14.7 Å². The summed E-state index contributed by atoms with van der Waals surface area (Å²) in [6, 6.07) is 0. The molecule has 2 N–H and O–H groups in total. The first-order valence-electron chi connectivity index (χ1n) is 4.78. The molecule has 1 heterocycles. The molecule has 0 amide bonds. The van der Waals surface area contributed by atoms with E-state index in [9.17, 15) is 8.42 Å². The topological polar surface area (TPSA) is 74.8 Å². The molecule has 6 heteroatoms. The van der Waals surface area contributed by atoms with Gasteiger partial charge in [0, 0.05) is 12.4 Å². The van der Waals surface area contributed by atoms with Gasteiger partial charge in [0.25, 0.3) is 0 Å². The second-order valence-corrected chi connectivity index (χ2v) is 6.51. The summed E-state index contributed by atoms with van der Waals surface area (Å²) in [6.45, 7) is 6.03. The van der Waals surface area contributed by atoms with Crippen LogP contribution in [0.1, 0.15) is 27.2 Å². The van der Waals surface area contributed by atoms with E-state index in [0.29, 0.717) is 6.42 Å². The normalized spacial score (nSPS) is 12.7. The van der Waals surface area contributed by atoms with Crippen LogP contribution in [0.5, 0.6) is 0 Å². The lowest BCUT2D eigenvalue weighted by Gasteiger charge is -2.17. The molecule has 0 fully saturated rings. The van der Waals surface area contributed by atoms with Crippen molar-refractivity contribution in [2.75, 3.05) is 10.5 Å². The Morgan fingerprint density at radius 3 is 2.60 bits per heavy atom. The zero-order chi connectivity index (χ0) is 11.5. The fraction of sp³-hybridized carbons (Fsp3) is 0.667. The summed E-state index contributed by atoms with van der Waals surface area (Å²) in [5.74, 6) is 0.376. The third kappa shape index (κ3) is 4.83. The van der Waals surface area contributed by atoms with Crippen LogP contribution in [-0.4, -0.2) is 24.1 Å². The SMILES string of the molecule is CC(C)(C)CCS(=O)(=O)Nc1ncc[nH]1. The molecule has 0 aromatic carbocycles. The Morgan fingerprint density at radius 1 is 1.47 bits per heavy atom. The fourth-order valence-electron chi connectivity index (χ4n) is 0.960. The van der Waals surface area contributed by atoms with Crippen molar-refractivity contribution in [3.63, 3.8) is 0 Å². The highest BCUT2D eigenvalue weighted by Gasteiger charge is 2.17. The molecule has 86 valence electrons. The van der Waals surface area contributed by atoms with E-state index in [4.69, 9.17) is 0 Å². The first-order valence-corrected chi connectivity index (χ1v) is 6.44. The van der Waals surface area contributed by atoms with E-state index in [-0.39, 0.29) is 17.1 Å². The number of hydrogen-bond acceptors (Lipinski definition) is 3. The van der Waals surface area contributed by atoms with Gasteiger partial charge in [-0.2, -0.15) is 0 Å². The largest absolute Gasteiger partial charge is 0.330 e. The summed E-state index contributed by atoms with van der Waals surface area (Å²) in [4.78, 5) is 6.49. The number of nitrogens with one attached hydrogen (secondary N) is 2. The number of anilines is 1. The van der Waals surface area contributed by atoms with Crippen LogP contribution in [0.4, 0.5) is 5.95 Å². The minimum Gasteiger partial charge on any atom is -0.330 e. The fourth-order valence-corrected chi connectivity index (χ4v) is 2.35. The van der Waals surface area contributed by atoms with Crippen molar-refractivity contribution in [3.8, 4) is 0 Å². The summed E-state index contributed by atoms with van der Waals surface area (Å²) in [5.41, 5.74) is 0.0118. The van der Waals surface area contributed by atoms with Crippen molar-refractivity contribution < 1.29 is 8.42 Å². The molecule has 0 saturated heterocycles. The summed E-state index contributed by atoms with van der Waals surface area (Å²) in [6.07, 6.45) is 3.69. The molecule has 0 aliphatic heterocycles. The Hall–Kier alpha value is -1.04. The van der Waals surface area contributed by atoms with Crippen molar-refractivity contribution in [3.05, 3.63) is 12.4 Å². The number of hydrogen-bond donors (Lipinski definition) is 2. The molecule has 0 unspecified atom stereocenters. The maximum atomic E-state index is 11.6. The van der Waals surface area contributed by atoms with Crippen molar-refractivity contribution >= 4 is 16.0 Å². The number of sulfonamides is 1. The molecule has 0 aliphatic rings. The van der Waals surface area contributed by atoms with Crippen LogP contribution in [0, 0.1) is 5.41 Å². The lowest BCUT2D eigenvalue weighted by atomic mass is 9.94. The van der Waals surface area contributed by atoms with Gasteiger partial charge in [-0.25, -0.2) is 13.4 Å². The number of H-pyrrole nitrogens is 1. The predicted octanol–water partition coefficient (Wildman–Crippen LogP) is 1.59. The molecule has 0 spiro atoms. The van der Waals surface area contributed by atoms with E-state index in [0.717, 1.165) is 0 Å². The third-order valence-corrected chi connectivity index (χ3v) is 3.12. The van der Waals surface area contributed by atoms with Gasteiger partial charge in [-0.15, -0.1) is 0 Å². The van der Waals surface area contributed by atoms with Gasteiger partial charge in [0.1, 0.15) is 0 Å². The van der Waals surface area contributed by atoms with Crippen molar-refractivity contribution in [1.82, 2.24) is 9.97 Å². The van der Waals surface area contributed by atoms with Crippen molar-refractivity contribution in [1.29, 1.82) is 0 Å². The maximum absolute atomic E-state index is 11.6. The van der Waals surface area contributed by atoms with Crippen LogP contribution in [0.15, 0.2) is 12.4 Å². The highest BCUT2D eigenvalue weighted by Crippen LogP contribution is 2.19. The van der Waals surface area contributed by atoms with Crippen LogP contribution in [0.2, 0.25) is 0 Å². The average molecular weight is 231 g/mol. The molecule has 1 aromatic heterocycles. The molecule has 0 aliphatic carbocycles. The minimum atomic E-state index is -3.28. The molecule has 15 heavy (non-hydrogen) atoms. The average Bonchev–Trinajstić information content (AvgIpc) is 2.52. The third-order valence-electron chi connectivity index (χ3n) is 1.87. The molecular weight excluding hydrogens is 214 g/mol. The summed E-state index contributed by atoms with van der Waals surface area (Å²) in [7, 11) is -3.28. The van der Waals surface area contributed by atoms with E-state index >= 15 is 0 Å². The lowest BCUT2D eigenvalue weighted by Crippen LogP contribution is -2.21. The first-order chi connectivity index (χ1) is 6.79. The highest BCUT2D eigenvalue weighted by molar-refractivity contribution is 7.92. The first kappa shape index (κ1) is 12.0. The highest BCUT2D eigenvalue weighted by atomic mass is 32.2. The summed E-state index contributed by atoms with van der Waals surface area (Å²) < 4.78 is 25.5. The van der Waals surface area contributed by atoms with Crippen molar-refractivity contribution in [2.45, 2.75) is 27.2 Å². The van der Waals surface area contributed by atoms with Crippen LogP contribution in [0.3, 0.4) is 0 Å². The standard InChI is InChI=1S/C9H17N3O2S/c1-9(2,3)4-7-15(13,14)12-8-10-5-6-11-8/h5-6H,4,7H2,1-3H3,(H2,10,11,12). The number of rotatable bonds is 4. The molecule has 0 radical (unpaired) electrons. The van der Waals surface area contributed by atoms with Gasteiger partial charge >= 0.3 is 0 Å². The Labute approximate surface area is 90.4 Å². The lowest BCUT2D eigenvalue weighted by molar-refractivity contribution is 0.397.